The second-order valence-corrected chi connectivity index (χ2v) is 27.6. The minimum atomic E-state index is -1.54. The fourth-order valence-corrected chi connectivity index (χ4v) is 31.2. The molecule has 0 saturated heterocycles. The molecule has 0 N–H and O–H groups in total. The van der Waals surface area contributed by atoms with Crippen molar-refractivity contribution in [3.63, 3.8) is 0 Å². The lowest BCUT2D eigenvalue weighted by molar-refractivity contribution is 0.441. The van der Waals surface area contributed by atoms with E-state index in [4.69, 9.17) is 11.6 Å². The fourth-order valence-electron chi connectivity index (χ4n) is 13.1. The summed E-state index contributed by atoms with van der Waals surface area (Å²) in [5.41, 5.74) is 6.04. The first-order chi connectivity index (χ1) is 21.9. The Balaban J connectivity index is 1.65. The Hall–Kier alpha value is 0.890. The van der Waals surface area contributed by atoms with Gasteiger partial charge in [0.05, 0.1) is 48.5 Å². The quantitative estimate of drug-likeness (QED) is 0.224. The second-order valence-electron chi connectivity index (χ2n) is 18.3. The first kappa shape index (κ1) is 35.7. The van der Waals surface area contributed by atoms with Gasteiger partial charge in [0.25, 0.3) is 0 Å². The van der Waals surface area contributed by atoms with Gasteiger partial charge in [0.1, 0.15) is 5.31 Å². The third-order valence-electron chi connectivity index (χ3n) is 14.7. The second kappa shape index (κ2) is 16.3. The van der Waals surface area contributed by atoms with Gasteiger partial charge < -0.3 is 0 Å². The van der Waals surface area contributed by atoms with Gasteiger partial charge in [0.15, 0.2) is 4.77 Å². The predicted molar refractivity (Wildman–Crippen MR) is 207 cm³/mol. The molecule has 0 bridgehead atoms. The van der Waals surface area contributed by atoms with Crippen molar-refractivity contribution in [1.29, 1.82) is 0 Å². The van der Waals surface area contributed by atoms with Crippen LogP contribution < -0.4 is 0 Å². The van der Waals surface area contributed by atoms with E-state index in [0.717, 1.165) is 34.0 Å². The maximum atomic E-state index is 8.95. The lowest BCUT2D eigenvalue weighted by Crippen LogP contribution is -2.41. The summed E-state index contributed by atoms with van der Waals surface area (Å²) >= 11 is 8.95. The van der Waals surface area contributed by atoms with E-state index in [2.05, 4.69) is 26.1 Å². The van der Waals surface area contributed by atoms with Gasteiger partial charge >= 0.3 is 0 Å². The summed E-state index contributed by atoms with van der Waals surface area (Å²) < 4.78 is 1.72. The molecule has 0 atom stereocenters. The number of allylic oxidation sites excluding steroid dienone is 1. The highest BCUT2D eigenvalue weighted by molar-refractivity contribution is 7.86. The smallest absolute Gasteiger partial charge is 0.0530 e. The van der Waals surface area contributed by atoms with Crippen LogP contribution in [-0.4, -0.2) is 34.0 Å². The van der Waals surface area contributed by atoms with Crippen molar-refractivity contribution >= 4 is 26.1 Å². The minimum Gasteiger partial charge on any atom is -0.0530 e. The van der Waals surface area contributed by atoms with Crippen LogP contribution in [-0.2, 0) is 0 Å². The molecule has 45 heavy (non-hydrogen) atoms. The molecule has 0 aliphatic heterocycles. The van der Waals surface area contributed by atoms with Crippen molar-refractivity contribution in [3.8, 4) is 0 Å². The third kappa shape index (κ3) is 7.23. The molecule has 0 amide bonds. The average molecular weight is 677 g/mol. The molecule has 0 radical (unpaired) electrons. The fraction of sp³-hybridized carbons (Fsp3) is 0.952. The SMILES string of the molecule is CC(C)(C)C(=C(Cl)[P+](C1CCCCC1)(C1CCCCC1)C1CCCCC1)[P+](C1CCCCC1)(C1CCCCC1)C1CCCCC1. The Morgan fingerprint density at radius 2 is 0.556 bits per heavy atom. The molecule has 6 rings (SSSR count). The first-order valence-electron chi connectivity index (χ1n) is 21.1. The number of hydrogen-bond donors (Lipinski definition) is 0. The van der Waals surface area contributed by atoms with Gasteiger partial charge in [-0.15, -0.1) is 0 Å². The molecule has 0 heterocycles. The highest BCUT2D eigenvalue weighted by Gasteiger charge is 2.68. The van der Waals surface area contributed by atoms with Crippen LogP contribution in [0.5, 0.6) is 0 Å². The zero-order valence-electron chi connectivity index (χ0n) is 30.4. The van der Waals surface area contributed by atoms with Crippen LogP contribution in [0.25, 0.3) is 0 Å². The highest BCUT2D eigenvalue weighted by atomic mass is 35.5. The Bertz CT molecular complexity index is 835. The van der Waals surface area contributed by atoms with Gasteiger partial charge in [-0.2, -0.15) is 0 Å². The van der Waals surface area contributed by atoms with Gasteiger partial charge in [0, 0.05) is 5.41 Å². The van der Waals surface area contributed by atoms with E-state index in [-0.39, 0.29) is 5.41 Å². The van der Waals surface area contributed by atoms with Crippen molar-refractivity contribution in [3.05, 3.63) is 10.1 Å². The predicted octanol–water partition coefficient (Wildman–Crippen LogP) is 15.5. The van der Waals surface area contributed by atoms with Crippen LogP contribution in [0.1, 0.15) is 213 Å². The molecule has 0 aromatic heterocycles. The molecule has 0 aromatic carbocycles. The van der Waals surface area contributed by atoms with Gasteiger partial charge in [0.2, 0.25) is 0 Å². The van der Waals surface area contributed by atoms with Crippen LogP contribution in [0.15, 0.2) is 10.1 Å². The van der Waals surface area contributed by atoms with Gasteiger partial charge in [-0.25, -0.2) is 0 Å². The Morgan fingerprint density at radius 1 is 0.356 bits per heavy atom. The summed E-state index contributed by atoms with van der Waals surface area (Å²) in [6.07, 6.45) is 45.4. The summed E-state index contributed by atoms with van der Waals surface area (Å²) in [5.74, 6) is 0. The van der Waals surface area contributed by atoms with Crippen molar-refractivity contribution in [1.82, 2.24) is 0 Å². The van der Waals surface area contributed by atoms with Crippen LogP contribution >= 0.6 is 26.1 Å². The van der Waals surface area contributed by atoms with Gasteiger partial charge in [-0.3, -0.25) is 0 Å². The molecule has 258 valence electrons. The van der Waals surface area contributed by atoms with Crippen molar-refractivity contribution in [2.24, 2.45) is 5.41 Å². The summed E-state index contributed by atoms with van der Waals surface area (Å²) in [6.45, 7) is 8.14. The Kier molecular flexibility index (Phi) is 12.9. The molecule has 6 saturated carbocycles. The summed E-state index contributed by atoms with van der Waals surface area (Å²) in [6, 6.07) is 0. The molecule has 0 unspecified atom stereocenters. The summed E-state index contributed by atoms with van der Waals surface area (Å²) in [4.78, 5) is 0. The molecule has 6 aliphatic carbocycles. The normalized spacial score (nSPS) is 28.3. The van der Waals surface area contributed by atoms with E-state index in [1.807, 2.05) is 0 Å². The molecule has 0 spiro atoms. The van der Waals surface area contributed by atoms with Crippen LogP contribution in [0, 0.1) is 5.41 Å². The zero-order valence-corrected chi connectivity index (χ0v) is 33.0. The molecule has 6 aliphatic rings. The van der Waals surface area contributed by atoms with Crippen molar-refractivity contribution in [2.75, 3.05) is 0 Å². The molecule has 6 fully saturated rings. The standard InChI is InChI=1S/C42H75ClP2/c1-42(2,3)40(44(34-22-10-4-11-23-34,35-24-12-5-13-25-35)36-26-14-6-15-27-36)41(43)45(37-28-16-7-17-29-37,38-30-18-8-19-31-38)39-32-20-9-21-33-39/h34-39H,4-33H2,1-3H3/q+2. The molecule has 0 nitrogen and oxygen atoms in total. The Morgan fingerprint density at radius 3 is 0.756 bits per heavy atom. The summed E-state index contributed by atoms with van der Waals surface area (Å²) in [5, 5.41) is 2.07. The monoisotopic (exact) mass is 677 g/mol. The first-order valence-corrected chi connectivity index (χ1v) is 25.5. The third-order valence-corrected chi connectivity index (χ3v) is 29.0. The van der Waals surface area contributed by atoms with Crippen LogP contribution in [0.2, 0.25) is 0 Å². The largest absolute Gasteiger partial charge is 0.198 e. The molecule has 0 aromatic rings. The van der Waals surface area contributed by atoms with Gasteiger partial charge in [-0.05, 0) is 166 Å². The Labute approximate surface area is 287 Å². The molecule has 3 heteroatoms. The number of hydrogen-bond acceptors (Lipinski definition) is 0. The van der Waals surface area contributed by atoms with E-state index in [1.54, 1.807) is 43.3 Å². The van der Waals surface area contributed by atoms with Crippen LogP contribution in [0.4, 0.5) is 0 Å². The van der Waals surface area contributed by atoms with E-state index in [0.29, 0.717) is 0 Å². The van der Waals surface area contributed by atoms with E-state index in [9.17, 15) is 0 Å². The highest BCUT2D eigenvalue weighted by Crippen LogP contribution is 2.91. The maximum Gasteiger partial charge on any atom is 0.198 e. The van der Waals surface area contributed by atoms with Crippen molar-refractivity contribution < 1.29 is 0 Å². The van der Waals surface area contributed by atoms with Crippen LogP contribution in [0.3, 0.4) is 0 Å². The number of rotatable bonds is 8. The lowest BCUT2D eigenvalue weighted by Gasteiger charge is -2.54. The van der Waals surface area contributed by atoms with E-state index >= 15 is 0 Å². The van der Waals surface area contributed by atoms with Crippen molar-refractivity contribution in [2.45, 2.75) is 247 Å². The zero-order chi connectivity index (χ0) is 31.3. The molecular formula is C42H75ClP2+2. The van der Waals surface area contributed by atoms with E-state index < -0.39 is 14.5 Å². The minimum absolute atomic E-state index is 0.209. The topological polar surface area (TPSA) is 0 Å². The molecular weight excluding hydrogens is 602 g/mol. The average Bonchev–Trinajstić information content (AvgIpc) is 3.09. The van der Waals surface area contributed by atoms with E-state index in [1.165, 1.54) is 154 Å². The summed E-state index contributed by atoms with van der Waals surface area (Å²) in [7, 11) is -3.03. The lowest BCUT2D eigenvalue weighted by atomic mass is 9.96. The maximum absolute atomic E-state index is 8.95. The van der Waals surface area contributed by atoms with Gasteiger partial charge in [-0.1, -0.05) is 59.3 Å². The number of halogens is 1.